The molecule has 104 valence electrons. The Hall–Kier alpha value is -2.28. The van der Waals surface area contributed by atoms with E-state index in [0.717, 1.165) is 37.2 Å². The molecule has 0 aromatic carbocycles. The Morgan fingerprint density at radius 2 is 2.10 bits per heavy atom. The van der Waals surface area contributed by atoms with E-state index in [0.29, 0.717) is 12.3 Å². The third-order valence-electron chi connectivity index (χ3n) is 3.08. The van der Waals surface area contributed by atoms with Crippen LogP contribution >= 0.6 is 0 Å². The van der Waals surface area contributed by atoms with Gasteiger partial charge in [-0.05, 0) is 31.9 Å². The van der Waals surface area contributed by atoms with Crippen molar-refractivity contribution in [3.63, 3.8) is 0 Å². The fourth-order valence-electron chi connectivity index (χ4n) is 2.10. The molecule has 0 unspecified atom stereocenters. The number of rotatable bonds is 6. The minimum atomic E-state index is 0.604. The Balaban J connectivity index is 1.68. The fourth-order valence-corrected chi connectivity index (χ4v) is 2.10. The van der Waals surface area contributed by atoms with E-state index in [1.54, 1.807) is 10.9 Å². The van der Waals surface area contributed by atoms with Gasteiger partial charge in [0.25, 0.3) is 0 Å². The molecule has 3 aromatic heterocycles. The van der Waals surface area contributed by atoms with Crippen molar-refractivity contribution in [3.8, 4) is 0 Å². The molecule has 0 radical (unpaired) electrons. The van der Waals surface area contributed by atoms with Crippen molar-refractivity contribution >= 4 is 5.78 Å². The van der Waals surface area contributed by atoms with Crippen LogP contribution in [-0.4, -0.2) is 35.9 Å². The van der Waals surface area contributed by atoms with Gasteiger partial charge in [-0.1, -0.05) is 5.21 Å². The van der Waals surface area contributed by atoms with Crippen molar-refractivity contribution in [3.05, 3.63) is 42.2 Å². The molecule has 2 N–H and O–H groups in total. The van der Waals surface area contributed by atoms with Crippen LogP contribution in [0.2, 0.25) is 0 Å². The monoisotopic (exact) mass is 271 g/mol. The number of hydrogen-bond donors (Lipinski definition) is 1. The molecule has 20 heavy (non-hydrogen) atoms. The van der Waals surface area contributed by atoms with Gasteiger partial charge in [0.2, 0.25) is 5.78 Å². The molecule has 3 rings (SSSR count). The molecule has 0 amide bonds. The summed E-state index contributed by atoms with van der Waals surface area (Å²) in [6.07, 6.45) is 10.6. The number of fused-ring (bicyclic) bond motifs is 1. The molecule has 0 aliphatic rings. The first-order valence-electron chi connectivity index (χ1n) is 6.73. The minimum absolute atomic E-state index is 0.604. The van der Waals surface area contributed by atoms with Crippen LogP contribution in [0, 0.1) is 0 Å². The highest BCUT2D eigenvalue weighted by atomic mass is 15.4. The first-order chi connectivity index (χ1) is 9.85. The molecule has 0 bridgehead atoms. The normalized spacial score (nSPS) is 11.2. The van der Waals surface area contributed by atoms with Gasteiger partial charge in [-0.3, -0.25) is 4.40 Å². The van der Waals surface area contributed by atoms with Crippen LogP contribution in [0.1, 0.15) is 24.2 Å². The van der Waals surface area contributed by atoms with Gasteiger partial charge in [0.15, 0.2) is 0 Å². The van der Waals surface area contributed by atoms with Crippen LogP contribution in [0.15, 0.2) is 30.9 Å². The zero-order valence-corrected chi connectivity index (χ0v) is 11.2. The second kappa shape index (κ2) is 5.79. The van der Waals surface area contributed by atoms with Crippen LogP contribution in [0.5, 0.6) is 0 Å². The van der Waals surface area contributed by atoms with Crippen molar-refractivity contribution in [2.24, 2.45) is 5.73 Å². The van der Waals surface area contributed by atoms with Gasteiger partial charge >= 0.3 is 0 Å². The molecule has 0 saturated carbocycles. The number of hydrogen-bond acceptors (Lipinski definition) is 5. The molecule has 7 heteroatoms. The van der Waals surface area contributed by atoms with Gasteiger partial charge in [-0.25, -0.2) is 14.6 Å². The first kappa shape index (κ1) is 12.7. The van der Waals surface area contributed by atoms with Crippen LogP contribution in [0.3, 0.4) is 0 Å². The maximum atomic E-state index is 5.48. The predicted molar refractivity (Wildman–Crippen MR) is 74.1 cm³/mol. The summed E-state index contributed by atoms with van der Waals surface area (Å²) in [5.41, 5.74) is 7.40. The van der Waals surface area contributed by atoms with E-state index < -0.39 is 0 Å². The first-order valence-corrected chi connectivity index (χ1v) is 6.73. The lowest BCUT2D eigenvalue weighted by Gasteiger charge is -1.95. The molecule has 0 saturated heterocycles. The van der Waals surface area contributed by atoms with Crippen molar-refractivity contribution in [1.82, 2.24) is 29.4 Å². The Labute approximate surface area is 116 Å². The lowest BCUT2D eigenvalue weighted by molar-refractivity contribution is 0.640. The van der Waals surface area contributed by atoms with Crippen LogP contribution in [0.25, 0.3) is 5.78 Å². The third-order valence-corrected chi connectivity index (χ3v) is 3.08. The molecule has 0 aliphatic carbocycles. The van der Waals surface area contributed by atoms with Gasteiger partial charge in [0, 0.05) is 24.8 Å². The largest absolute Gasteiger partial charge is 0.330 e. The van der Waals surface area contributed by atoms with Gasteiger partial charge in [-0.15, -0.1) is 5.10 Å². The number of aryl methyl sites for hydroxylation is 1. The van der Waals surface area contributed by atoms with E-state index in [1.165, 1.54) is 0 Å². The summed E-state index contributed by atoms with van der Waals surface area (Å²) < 4.78 is 3.70. The highest BCUT2D eigenvalue weighted by molar-refractivity contribution is 5.29. The summed E-state index contributed by atoms with van der Waals surface area (Å²) >= 11 is 0. The van der Waals surface area contributed by atoms with Gasteiger partial charge in [0.05, 0.1) is 17.9 Å². The number of nitrogens with zero attached hydrogens (tertiary/aromatic N) is 6. The molecule has 7 nitrogen and oxygen atoms in total. The molecule has 3 heterocycles. The van der Waals surface area contributed by atoms with Crippen molar-refractivity contribution < 1.29 is 0 Å². The molecular formula is C13H17N7. The molecule has 3 aromatic rings. The maximum Gasteiger partial charge on any atom is 0.233 e. The predicted octanol–water partition coefficient (Wildman–Crippen LogP) is 0.650. The van der Waals surface area contributed by atoms with Gasteiger partial charge in [0.1, 0.15) is 0 Å². The summed E-state index contributed by atoms with van der Waals surface area (Å²) in [4.78, 5) is 8.63. The van der Waals surface area contributed by atoms with E-state index in [9.17, 15) is 0 Å². The SMILES string of the molecule is NCCCCc1cn(Cc2cn3cccnc3n2)nn1. The number of imidazole rings is 1. The Bertz CT molecular complexity index is 652. The Kier molecular flexibility index (Phi) is 3.69. The summed E-state index contributed by atoms with van der Waals surface area (Å²) in [6, 6.07) is 1.88. The van der Waals surface area contributed by atoms with Gasteiger partial charge < -0.3 is 5.73 Å². The zero-order valence-electron chi connectivity index (χ0n) is 11.2. The number of nitrogens with two attached hydrogens (primary N) is 1. The fraction of sp³-hybridized carbons (Fsp3) is 0.385. The minimum Gasteiger partial charge on any atom is -0.330 e. The van der Waals surface area contributed by atoms with E-state index in [2.05, 4.69) is 20.3 Å². The second-order valence-electron chi connectivity index (χ2n) is 4.71. The van der Waals surface area contributed by atoms with Gasteiger partial charge in [-0.2, -0.15) is 0 Å². The van der Waals surface area contributed by atoms with Crippen LogP contribution in [0.4, 0.5) is 0 Å². The summed E-state index contributed by atoms with van der Waals surface area (Å²) in [6.45, 7) is 1.33. The van der Waals surface area contributed by atoms with E-state index in [-0.39, 0.29) is 0 Å². The maximum absolute atomic E-state index is 5.48. The van der Waals surface area contributed by atoms with E-state index in [4.69, 9.17) is 5.73 Å². The molecule has 0 atom stereocenters. The van der Waals surface area contributed by atoms with Crippen LogP contribution < -0.4 is 5.73 Å². The molecular weight excluding hydrogens is 254 g/mol. The second-order valence-corrected chi connectivity index (χ2v) is 4.71. The molecule has 0 aliphatic heterocycles. The summed E-state index contributed by atoms with van der Waals surface area (Å²) in [5.74, 6) is 0.700. The highest BCUT2D eigenvalue weighted by Gasteiger charge is 2.05. The van der Waals surface area contributed by atoms with Crippen LogP contribution in [-0.2, 0) is 13.0 Å². The van der Waals surface area contributed by atoms with Crippen molar-refractivity contribution in [2.45, 2.75) is 25.8 Å². The third kappa shape index (κ3) is 2.83. The highest BCUT2D eigenvalue weighted by Crippen LogP contribution is 2.05. The quantitative estimate of drug-likeness (QED) is 0.665. The Morgan fingerprint density at radius 3 is 2.95 bits per heavy atom. The summed E-state index contributed by atoms with van der Waals surface area (Å²) in [7, 11) is 0. The zero-order chi connectivity index (χ0) is 13.8. The van der Waals surface area contributed by atoms with Crippen molar-refractivity contribution in [1.29, 1.82) is 0 Å². The van der Waals surface area contributed by atoms with Crippen molar-refractivity contribution in [2.75, 3.05) is 6.54 Å². The Morgan fingerprint density at radius 1 is 1.15 bits per heavy atom. The molecule has 0 spiro atoms. The number of aromatic nitrogens is 6. The topological polar surface area (TPSA) is 86.9 Å². The smallest absolute Gasteiger partial charge is 0.233 e. The average molecular weight is 271 g/mol. The van der Waals surface area contributed by atoms with E-state index in [1.807, 2.05) is 29.1 Å². The standard InChI is InChI=1S/C13H17N7/c14-5-2-1-4-11-9-20(18-17-11)10-12-8-19-7-3-6-15-13(19)16-12/h3,6-9H,1-2,4-5,10,14H2. The summed E-state index contributed by atoms with van der Waals surface area (Å²) in [5, 5.41) is 8.29. The van der Waals surface area contributed by atoms with E-state index >= 15 is 0 Å². The molecule has 0 fully saturated rings. The lowest BCUT2D eigenvalue weighted by atomic mass is 10.2. The number of unbranched alkanes of at least 4 members (excludes halogenated alkanes) is 1. The average Bonchev–Trinajstić information content (AvgIpc) is 3.05. The lowest BCUT2D eigenvalue weighted by Crippen LogP contribution is -2.00.